The van der Waals surface area contributed by atoms with Crippen LogP contribution in [0.3, 0.4) is 0 Å². The van der Waals surface area contributed by atoms with Crippen LogP contribution in [-0.2, 0) is 0 Å². The van der Waals surface area contributed by atoms with Crippen LogP contribution in [0.2, 0.25) is 0 Å². The van der Waals surface area contributed by atoms with Gasteiger partial charge in [-0.2, -0.15) is 0 Å². The van der Waals surface area contributed by atoms with Crippen LogP contribution in [0, 0.1) is 0 Å². The Morgan fingerprint density at radius 3 is 2.18 bits per heavy atom. The fourth-order valence-electron chi connectivity index (χ4n) is 3.58. The molecule has 0 bridgehead atoms. The summed E-state index contributed by atoms with van der Waals surface area (Å²) in [6.07, 6.45) is 2.70. The molecule has 0 spiro atoms. The number of rotatable bonds is 3. The standard InChI is InChI=1S/C19H22N2S/c1-15-7-6-12-20(15)13-14-21-16-8-2-4-10-18(16)22-19-11-5-3-9-17(19)21/h2-5,8-11,15H,6-7,12-14H2,1H3. The molecule has 22 heavy (non-hydrogen) atoms. The number of benzene rings is 2. The SMILES string of the molecule is CC1CCCN1CCN1c2ccccc2Sc2ccccc21. The molecule has 0 saturated carbocycles. The van der Waals surface area contributed by atoms with Crippen molar-refractivity contribution in [3.05, 3.63) is 48.5 Å². The Kier molecular flexibility index (Phi) is 3.85. The van der Waals surface area contributed by atoms with E-state index in [9.17, 15) is 0 Å². The Morgan fingerprint density at radius 2 is 1.59 bits per heavy atom. The second-order valence-corrected chi connectivity index (χ2v) is 7.30. The van der Waals surface area contributed by atoms with Crippen molar-refractivity contribution in [2.24, 2.45) is 0 Å². The van der Waals surface area contributed by atoms with E-state index in [1.165, 1.54) is 40.6 Å². The Morgan fingerprint density at radius 1 is 0.955 bits per heavy atom. The van der Waals surface area contributed by atoms with Gasteiger partial charge >= 0.3 is 0 Å². The highest BCUT2D eigenvalue weighted by Gasteiger charge is 2.25. The highest BCUT2D eigenvalue weighted by Crippen LogP contribution is 2.47. The average Bonchev–Trinajstić information content (AvgIpc) is 2.96. The van der Waals surface area contributed by atoms with Gasteiger partial charge in [-0.15, -0.1) is 0 Å². The van der Waals surface area contributed by atoms with Crippen molar-refractivity contribution in [1.29, 1.82) is 0 Å². The molecule has 0 aromatic heterocycles. The number of anilines is 2. The van der Waals surface area contributed by atoms with Gasteiger partial charge < -0.3 is 4.90 Å². The van der Waals surface area contributed by atoms with Crippen LogP contribution < -0.4 is 4.90 Å². The summed E-state index contributed by atoms with van der Waals surface area (Å²) in [4.78, 5) is 7.88. The van der Waals surface area contributed by atoms with Gasteiger partial charge in [-0.05, 0) is 50.6 Å². The van der Waals surface area contributed by atoms with Crippen LogP contribution in [0.25, 0.3) is 0 Å². The minimum atomic E-state index is 0.740. The topological polar surface area (TPSA) is 6.48 Å². The zero-order chi connectivity index (χ0) is 14.9. The van der Waals surface area contributed by atoms with Crippen molar-refractivity contribution < 1.29 is 0 Å². The molecule has 1 unspecified atom stereocenters. The first-order valence-electron chi connectivity index (χ1n) is 8.20. The predicted octanol–water partition coefficient (Wildman–Crippen LogP) is 4.77. The molecule has 1 atom stereocenters. The van der Waals surface area contributed by atoms with Gasteiger partial charge in [0, 0.05) is 28.9 Å². The summed E-state index contributed by atoms with van der Waals surface area (Å²) < 4.78 is 0. The van der Waals surface area contributed by atoms with Crippen LogP contribution >= 0.6 is 11.8 Å². The van der Waals surface area contributed by atoms with E-state index in [4.69, 9.17) is 0 Å². The number of hydrogen-bond donors (Lipinski definition) is 0. The first-order valence-corrected chi connectivity index (χ1v) is 9.02. The molecule has 114 valence electrons. The maximum Gasteiger partial charge on any atom is 0.0553 e. The van der Waals surface area contributed by atoms with Gasteiger partial charge in [0.25, 0.3) is 0 Å². The third-order valence-corrected chi connectivity index (χ3v) is 5.96. The number of nitrogens with zero attached hydrogens (tertiary/aromatic N) is 2. The number of fused-ring (bicyclic) bond motifs is 2. The van der Waals surface area contributed by atoms with Crippen molar-refractivity contribution in [1.82, 2.24) is 4.90 Å². The third-order valence-electron chi connectivity index (χ3n) is 4.83. The average molecular weight is 310 g/mol. The fraction of sp³-hybridized carbons (Fsp3) is 0.368. The number of para-hydroxylation sites is 2. The van der Waals surface area contributed by atoms with Crippen molar-refractivity contribution >= 4 is 23.1 Å². The van der Waals surface area contributed by atoms with Gasteiger partial charge in [-0.3, -0.25) is 4.90 Å². The Bertz CT molecular complexity index is 624. The van der Waals surface area contributed by atoms with Crippen LogP contribution in [0.5, 0.6) is 0 Å². The molecule has 0 N–H and O–H groups in total. The number of likely N-dealkylation sites (tertiary alicyclic amines) is 1. The third kappa shape index (κ3) is 2.53. The van der Waals surface area contributed by atoms with Gasteiger partial charge in [-0.25, -0.2) is 0 Å². The Hall–Kier alpha value is -1.45. The molecular formula is C19H22N2S. The molecule has 0 aliphatic carbocycles. The van der Waals surface area contributed by atoms with E-state index in [1.807, 2.05) is 11.8 Å². The first kappa shape index (κ1) is 14.2. The summed E-state index contributed by atoms with van der Waals surface area (Å²) in [6.45, 7) is 5.83. The fourth-order valence-corrected chi connectivity index (χ4v) is 4.67. The van der Waals surface area contributed by atoms with Crippen molar-refractivity contribution in [2.45, 2.75) is 35.6 Å². The van der Waals surface area contributed by atoms with Crippen molar-refractivity contribution in [3.63, 3.8) is 0 Å². The van der Waals surface area contributed by atoms with E-state index in [0.29, 0.717) is 0 Å². The van der Waals surface area contributed by atoms with Gasteiger partial charge in [0.05, 0.1) is 11.4 Å². The molecule has 2 heterocycles. The zero-order valence-corrected chi connectivity index (χ0v) is 13.9. The van der Waals surface area contributed by atoms with Crippen molar-refractivity contribution in [3.8, 4) is 0 Å². The smallest absolute Gasteiger partial charge is 0.0553 e. The van der Waals surface area contributed by atoms with E-state index < -0.39 is 0 Å². The van der Waals surface area contributed by atoms with Crippen LogP contribution in [0.1, 0.15) is 19.8 Å². The maximum atomic E-state index is 2.63. The summed E-state index contributed by atoms with van der Waals surface area (Å²) >= 11 is 1.89. The monoisotopic (exact) mass is 310 g/mol. The van der Waals surface area contributed by atoms with E-state index in [-0.39, 0.29) is 0 Å². The quantitative estimate of drug-likeness (QED) is 0.806. The lowest BCUT2D eigenvalue weighted by Gasteiger charge is -2.34. The van der Waals surface area contributed by atoms with Crippen LogP contribution in [-0.4, -0.2) is 30.6 Å². The van der Waals surface area contributed by atoms with Crippen LogP contribution in [0.4, 0.5) is 11.4 Å². The van der Waals surface area contributed by atoms with Crippen molar-refractivity contribution in [2.75, 3.05) is 24.5 Å². The minimum absolute atomic E-state index is 0.740. The van der Waals surface area contributed by atoms with Gasteiger partial charge in [0.1, 0.15) is 0 Å². The Labute approximate surface area is 137 Å². The molecule has 0 amide bonds. The molecule has 2 aliphatic rings. The summed E-state index contributed by atoms with van der Waals surface area (Å²) in [5.74, 6) is 0. The summed E-state index contributed by atoms with van der Waals surface area (Å²) in [5, 5.41) is 0. The summed E-state index contributed by atoms with van der Waals surface area (Å²) in [6, 6.07) is 18.3. The summed E-state index contributed by atoms with van der Waals surface area (Å²) in [5.41, 5.74) is 2.72. The molecule has 1 saturated heterocycles. The lowest BCUT2D eigenvalue weighted by molar-refractivity contribution is 0.276. The molecule has 2 aromatic rings. The molecule has 3 heteroatoms. The second-order valence-electron chi connectivity index (χ2n) is 6.22. The largest absolute Gasteiger partial charge is 0.338 e. The van der Waals surface area contributed by atoms with Crippen LogP contribution in [0.15, 0.2) is 58.3 Å². The number of hydrogen-bond acceptors (Lipinski definition) is 3. The normalized spacial score (nSPS) is 20.8. The van der Waals surface area contributed by atoms with Gasteiger partial charge in [0.15, 0.2) is 0 Å². The Balaban J connectivity index is 1.63. The minimum Gasteiger partial charge on any atom is -0.338 e. The molecule has 2 aromatic carbocycles. The maximum absolute atomic E-state index is 2.63. The summed E-state index contributed by atoms with van der Waals surface area (Å²) in [7, 11) is 0. The first-order chi connectivity index (χ1) is 10.8. The molecule has 0 radical (unpaired) electrons. The molecule has 2 aliphatic heterocycles. The van der Waals surface area contributed by atoms with E-state index in [0.717, 1.165) is 19.1 Å². The van der Waals surface area contributed by atoms with Gasteiger partial charge in [-0.1, -0.05) is 36.0 Å². The molecule has 1 fully saturated rings. The predicted molar refractivity (Wildman–Crippen MR) is 94.3 cm³/mol. The molecule has 4 rings (SSSR count). The van der Waals surface area contributed by atoms with E-state index in [1.54, 1.807) is 0 Å². The molecular weight excluding hydrogens is 288 g/mol. The highest BCUT2D eigenvalue weighted by molar-refractivity contribution is 7.99. The zero-order valence-electron chi connectivity index (χ0n) is 13.0. The van der Waals surface area contributed by atoms with Gasteiger partial charge in [0.2, 0.25) is 0 Å². The molecule has 2 nitrogen and oxygen atoms in total. The lowest BCUT2D eigenvalue weighted by Crippen LogP contribution is -2.35. The second kappa shape index (κ2) is 5.98. The van der Waals surface area contributed by atoms with E-state index >= 15 is 0 Å². The van der Waals surface area contributed by atoms with E-state index in [2.05, 4.69) is 65.3 Å². The lowest BCUT2D eigenvalue weighted by atomic mass is 10.2. The highest BCUT2D eigenvalue weighted by atomic mass is 32.2.